The molecule has 0 aromatic heterocycles. The largest absolute Gasteiger partial charge is 0.360 e. The number of nitrogens with zero attached hydrogens (tertiary/aromatic N) is 1. The lowest BCUT2D eigenvalue weighted by atomic mass is 10.3. The standard InChI is InChI=1S/C9H7ClN2/c10-7-2-3-8-9(6-7)12-5-1-4-11-8/h1-6,12H. The number of benzene rings is 1. The molecule has 1 N–H and O–H groups in total. The Morgan fingerprint density at radius 1 is 1.33 bits per heavy atom. The maximum atomic E-state index is 5.81. The number of hydrogen-bond donors (Lipinski definition) is 1. The molecule has 0 saturated heterocycles. The summed E-state index contributed by atoms with van der Waals surface area (Å²) in [5.74, 6) is 0. The Balaban J connectivity index is 2.53. The molecule has 0 unspecified atom stereocenters. The lowest BCUT2D eigenvalue weighted by Crippen LogP contribution is -1.85. The Bertz CT molecular complexity index is 356. The second kappa shape index (κ2) is 2.99. The Morgan fingerprint density at radius 2 is 2.25 bits per heavy atom. The summed E-state index contributed by atoms with van der Waals surface area (Å²) in [4.78, 5) is 4.19. The van der Waals surface area contributed by atoms with Gasteiger partial charge in [-0.25, -0.2) is 0 Å². The SMILES string of the molecule is Clc1ccc2c(c1)NC=CC=N2. The molecule has 0 amide bonds. The normalized spacial score (nSPS) is 13.4. The van der Waals surface area contributed by atoms with Gasteiger partial charge in [0.15, 0.2) is 0 Å². The van der Waals surface area contributed by atoms with Crippen molar-refractivity contribution >= 4 is 29.2 Å². The zero-order chi connectivity index (χ0) is 8.39. The molecule has 3 heteroatoms. The molecule has 0 fully saturated rings. The van der Waals surface area contributed by atoms with Crippen molar-refractivity contribution in [1.29, 1.82) is 0 Å². The minimum absolute atomic E-state index is 0.715. The van der Waals surface area contributed by atoms with Crippen molar-refractivity contribution < 1.29 is 0 Å². The van der Waals surface area contributed by atoms with Gasteiger partial charge in [-0.3, -0.25) is 4.99 Å². The van der Waals surface area contributed by atoms with Gasteiger partial charge in [-0.05, 0) is 24.3 Å². The van der Waals surface area contributed by atoms with E-state index in [2.05, 4.69) is 10.3 Å². The van der Waals surface area contributed by atoms with E-state index >= 15 is 0 Å². The fourth-order valence-electron chi connectivity index (χ4n) is 1.04. The van der Waals surface area contributed by atoms with Gasteiger partial charge in [0.2, 0.25) is 0 Å². The van der Waals surface area contributed by atoms with Gasteiger partial charge in [-0.2, -0.15) is 0 Å². The monoisotopic (exact) mass is 178 g/mol. The number of allylic oxidation sites excluding steroid dienone is 1. The summed E-state index contributed by atoms with van der Waals surface area (Å²) in [7, 11) is 0. The van der Waals surface area contributed by atoms with E-state index in [1.54, 1.807) is 6.21 Å². The summed E-state index contributed by atoms with van der Waals surface area (Å²) in [6.07, 6.45) is 5.41. The van der Waals surface area contributed by atoms with Crippen molar-refractivity contribution in [3.63, 3.8) is 0 Å². The average molecular weight is 179 g/mol. The predicted molar refractivity (Wildman–Crippen MR) is 52.4 cm³/mol. The topological polar surface area (TPSA) is 24.4 Å². The Hall–Kier alpha value is -1.28. The molecule has 0 atom stereocenters. The van der Waals surface area contributed by atoms with Gasteiger partial charge in [0.25, 0.3) is 0 Å². The van der Waals surface area contributed by atoms with E-state index < -0.39 is 0 Å². The summed E-state index contributed by atoms with van der Waals surface area (Å²) in [6.45, 7) is 0. The lowest BCUT2D eigenvalue weighted by molar-refractivity contribution is 1.52. The fraction of sp³-hybridized carbons (Fsp3) is 0. The number of rotatable bonds is 0. The predicted octanol–water partition coefficient (Wildman–Crippen LogP) is 2.98. The number of hydrogen-bond acceptors (Lipinski definition) is 2. The van der Waals surface area contributed by atoms with Gasteiger partial charge >= 0.3 is 0 Å². The van der Waals surface area contributed by atoms with Crippen LogP contribution < -0.4 is 5.32 Å². The van der Waals surface area contributed by atoms with Crippen LogP contribution in [0.25, 0.3) is 0 Å². The quantitative estimate of drug-likeness (QED) is 0.649. The van der Waals surface area contributed by atoms with Crippen LogP contribution in [0, 0.1) is 0 Å². The molecule has 0 radical (unpaired) electrons. The minimum Gasteiger partial charge on any atom is -0.360 e. The van der Waals surface area contributed by atoms with E-state index in [0.29, 0.717) is 5.02 Å². The molecule has 0 spiro atoms. The maximum absolute atomic E-state index is 5.81. The molecule has 2 rings (SSSR count). The van der Waals surface area contributed by atoms with Gasteiger partial charge in [0, 0.05) is 17.4 Å². The van der Waals surface area contributed by atoms with Crippen LogP contribution in [0.1, 0.15) is 0 Å². The van der Waals surface area contributed by atoms with Gasteiger partial charge < -0.3 is 5.32 Å². The molecule has 2 nitrogen and oxygen atoms in total. The molecular formula is C9H7ClN2. The molecule has 1 aromatic rings. The Labute approximate surface area is 75.6 Å². The molecule has 60 valence electrons. The number of anilines is 1. The van der Waals surface area contributed by atoms with E-state index in [1.165, 1.54) is 0 Å². The molecule has 12 heavy (non-hydrogen) atoms. The van der Waals surface area contributed by atoms with Crippen molar-refractivity contribution in [2.45, 2.75) is 0 Å². The van der Waals surface area contributed by atoms with Crippen LogP contribution in [-0.2, 0) is 0 Å². The van der Waals surface area contributed by atoms with Crippen molar-refractivity contribution in [3.05, 3.63) is 35.5 Å². The molecular weight excluding hydrogens is 172 g/mol. The third-order valence-corrected chi connectivity index (χ3v) is 1.83. The first-order valence-corrected chi connectivity index (χ1v) is 3.99. The summed E-state index contributed by atoms with van der Waals surface area (Å²) >= 11 is 5.81. The first kappa shape index (κ1) is 7.37. The van der Waals surface area contributed by atoms with E-state index in [1.807, 2.05) is 30.5 Å². The summed E-state index contributed by atoms with van der Waals surface area (Å²) in [5, 5.41) is 3.79. The van der Waals surface area contributed by atoms with E-state index in [4.69, 9.17) is 11.6 Å². The molecule has 1 heterocycles. The van der Waals surface area contributed by atoms with Crippen LogP contribution in [-0.4, -0.2) is 6.21 Å². The lowest BCUT2D eigenvalue weighted by Gasteiger charge is -2.03. The van der Waals surface area contributed by atoms with Crippen molar-refractivity contribution in [2.75, 3.05) is 5.32 Å². The highest BCUT2D eigenvalue weighted by Crippen LogP contribution is 2.28. The average Bonchev–Trinajstić information content (AvgIpc) is 2.28. The Morgan fingerprint density at radius 3 is 3.17 bits per heavy atom. The zero-order valence-electron chi connectivity index (χ0n) is 6.29. The van der Waals surface area contributed by atoms with Crippen molar-refractivity contribution in [3.8, 4) is 0 Å². The van der Waals surface area contributed by atoms with E-state index in [-0.39, 0.29) is 0 Å². The van der Waals surface area contributed by atoms with Crippen LogP contribution in [0.3, 0.4) is 0 Å². The molecule has 1 aromatic carbocycles. The third kappa shape index (κ3) is 1.34. The van der Waals surface area contributed by atoms with Crippen LogP contribution >= 0.6 is 11.6 Å². The number of aliphatic imine (C=N–C) groups is 1. The van der Waals surface area contributed by atoms with Gasteiger partial charge in [-0.15, -0.1) is 0 Å². The van der Waals surface area contributed by atoms with Crippen LogP contribution in [0.4, 0.5) is 11.4 Å². The highest BCUT2D eigenvalue weighted by Gasteiger charge is 2.00. The second-order valence-electron chi connectivity index (χ2n) is 2.44. The minimum atomic E-state index is 0.715. The highest BCUT2D eigenvalue weighted by molar-refractivity contribution is 6.31. The van der Waals surface area contributed by atoms with E-state index in [9.17, 15) is 0 Å². The van der Waals surface area contributed by atoms with Crippen LogP contribution in [0.15, 0.2) is 35.5 Å². The zero-order valence-corrected chi connectivity index (χ0v) is 7.05. The summed E-state index contributed by atoms with van der Waals surface area (Å²) in [5.41, 5.74) is 1.84. The Kier molecular flexibility index (Phi) is 1.84. The molecule has 0 bridgehead atoms. The van der Waals surface area contributed by atoms with Gasteiger partial charge in [0.05, 0.1) is 11.4 Å². The van der Waals surface area contributed by atoms with Gasteiger partial charge in [-0.1, -0.05) is 11.6 Å². The van der Waals surface area contributed by atoms with Crippen LogP contribution in [0.5, 0.6) is 0 Å². The van der Waals surface area contributed by atoms with Crippen LogP contribution in [0.2, 0.25) is 5.02 Å². The summed E-state index contributed by atoms with van der Waals surface area (Å²) < 4.78 is 0. The maximum Gasteiger partial charge on any atom is 0.0865 e. The van der Waals surface area contributed by atoms with Crippen molar-refractivity contribution in [2.24, 2.45) is 4.99 Å². The fourth-order valence-corrected chi connectivity index (χ4v) is 1.21. The summed E-state index contributed by atoms with van der Waals surface area (Å²) in [6, 6.07) is 5.56. The number of fused-ring (bicyclic) bond motifs is 1. The van der Waals surface area contributed by atoms with Gasteiger partial charge in [0.1, 0.15) is 0 Å². The molecule has 0 aliphatic carbocycles. The number of nitrogens with one attached hydrogen (secondary N) is 1. The smallest absolute Gasteiger partial charge is 0.0865 e. The second-order valence-corrected chi connectivity index (χ2v) is 2.88. The van der Waals surface area contributed by atoms with E-state index in [0.717, 1.165) is 11.4 Å². The molecule has 1 aliphatic heterocycles. The number of halogens is 1. The van der Waals surface area contributed by atoms with Crippen molar-refractivity contribution in [1.82, 2.24) is 0 Å². The first-order valence-electron chi connectivity index (χ1n) is 3.61. The third-order valence-electron chi connectivity index (χ3n) is 1.59. The highest BCUT2D eigenvalue weighted by atomic mass is 35.5. The molecule has 1 aliphatic rings. The first-order chi connectivity index (χ1) is 5.86. The molecule has 0 saturated carbocycles.